The summed E-state index contributed by atoms with van der Waals surface area (Å²) in [6.07, 6.45) is 2.28. The van der Waals surface area contributed by atoms with Crippen LogP contribution in [0.5, 0.6) is 0 Å². The van der Waals surface area contributed by atoms with Gasteiger partial charge in [0.25, 0.3) is 11.6 Å². The van der Waals surface area contributed by atoms with Crippen molar-refractivity contribution >= 4 is 17.6 Å². The van der Waals surface area contributed by atoms with Crippen LogP contribution in [0.15, 0.2) is 18.2 Å². The summed E-state index contributed by atoms with van der Waals surface area (Å²) in [5.41, 5.74) is 0.910. The molecule has 0 radical (unpaired) electrons. The Hall–Kier alpha value is -2.48. The number of nitrogens with zero attached hydrogens (tertiary/aromatic N) is 3. The first kappa shape index (κ1) is 18.9. The third-order valence-electron chi connectivity index (χ3n) is 4.51. The molecule has 0 aromatic heterocycles. The monoisotopic (exact) mass is 349 g/mol. The summed E-state index contributed by atoms with van der Waals surface area (Å²) in [5, 5.41) is 19.9. The van der Waals surface area contributed by atoms with Gasteiger partial charge in [0.05, 0.1) is 11.5 Å². The number of carbonyl (C=O) groups is 2. The predicted molar refractivity (Wildman–Crippen MR) is 91.6 cm³/mol. The summed E-state index contributed by atoms with van der Waals surface area (Å²) in [6.45, 7) is 2.78. The van der Waals surface area contributed by atoms with E-state index in [0.717, 1.165) is 12.8 Å². The predicted octanol–water partition coefficient (Wildman–Crippen LogP) is 1.91. The molecule has 1 N–H and O–H groups in total. The second-order valence-electron chi connectivity index (χ2n) is 6.50. The number of likely N-dealkylation sites (tertiary alicyclic amines) is 1. The van der Waals surface area contributed by atoms with Gasteiger partial charge in [0.15, 0.2) is 0 Å². The Labute approximate surface area is 146 Å². The third-order valence-corrected chi connectivity index (χ3v) is 4.51. The fourth-order valence-corrected chi connectivity index (χ4v) is 3.24. The van der Waals surface area contributed by atoms with E-state index in [9.17, 15) is 19.7 Å². The SMILES string of the molecule is Cc1cc(C(=O)N2CCCC(N(C)CC(=O)O)CC2)cc([N+](=O)[O-])c1. The van der Waals surface area contributed by atoms with Crippen molar-refractivity contribution in [1.82, 2.24) is 9.80 Å². The van der Waals surface area contributed by atoms with E-state index in [1.807, 2.05) is 0 Å². The minimum Gasteiger partial charge on any atom is -0.480 e. The van der Waals surface area contributed by atoms with Crippen LogP contribution in [0.1, 0.15) is 35.2 Å². The van der Waals surface area contributed by atoms with Crippen LogP contribution < -0.4 is 0 Å². The van der Waals surface area contributed by atoms with Crippen molar-refractivity contribution in [1.29, 1.82) is 0 Å². The van der Waals surface area contributed by atoms with Gasteiger partial charge in [-0.05, 0) is 44.9 Å². The molecule has 1 heterocycles. The van der Waals surface area contributed by atoms with E-state index in [4.69, 9.17) is 5.11 Å². The molecule has 0 saturated carbocycles. The van der Waals surface area contributed by atoms with Crippen LogP contribution in [0, 0.1) is 17.0 Å². The van der Waals surface area contributed by atoms with Crippen molar-refractivity contribution < 1.29 is 19.6 Å². The number of carboxylic acid groups (broad SMARTS) is 1. The number of carbonyl (C=O) groups excluding carboxylic acids is 1. The molecule has 1 aromatic rings. The number of nitro groups is 1. The Morgan fingerprint density at radius 1 is 1.32 bits per heavy atom. The van der Waals surface area contributed by atoms with Gasteiger partial charge in [-0.2, -0.15) is 0 Å². The van der Waals surface area contributed by atoms with E-state index in [2.05, 4.69) is 0 Å². The second kappa shape index (κ2) is 8.06. The molecule has 136 valence electrons. The zero-order valence-corrected chi connectivity index (χ0v) is 14.5. The summed E-state index contributed by atoms with van der Waals surface area (Å²) >= 11 is 0. The molecule has 0 spiro atoms. The summed E-state index contributed by atoms with van der Waals surface area (Å²) in [4.78, 5) is 37.6. The molecule has 25 heavy (non-hydrogen) atoms. The van der Waals surface area contributed by atoms with Crippen LogP contribution in [-0.4, -0.2) is 64.4 Å². The van der Waals surface area contributed by atoms with Gasteiger partial charge in [-0.25, -0.2) is 0 Å². The molecule has 8 heteroatoms. The van der Waals surface area contributed by atoms with Crippen LogP contribution in [-0.2, 0) is 4.79 Å². The van der Waals surface area contributed by atoms with E-state index >= 15 is 0 Å². The highest BCUT2D eigenvalue weighted by molar-refractivity contribution is 5.95. The first-order valence-corrected chi connectivity index (χ1v) is 8.25. The Bertz CT molecular complexity index is 676. The molecule has 1 atom stereocenters. The van der Waals surface area contributed by atoms with Crippen LogP contribution in [0.25, 0.3) is 0 Å². The maximum atomic E-state index is 12.7. The minimum atomic E-state index is -0.869. The van der Waals surface area contributed by atoms with Crippen LogP contribution in [0.2, 0.25) is 0 Å². The van der Waals surface area contributed by atoms with Crippen molar-refractivity contribution in [2.75, 3.05) is 26.7 Å². The molecular formula is C17H23N3O5. The molecule has 1 aliphatic rings. The zero-order chi connectivity index (χ0) is 18.6. The molecule has 0 bridgehead atoms. The standard InChI is InChI=1S/C17H23N3O5/c1-12-8-13(10-15(9-12)20(24)25)17(23)19-6-3-4-14(5-7-19)18(2)11-16(21)22/h8-10,14H,3-7,11H2,1-2H3,(H,21,22). The van der Waals surface area contributed by atoms with E-state index in [-0.39, 0.29) is 24.2 Å². The molecular weight excluding hydrogens is 326 g/mol. The van der Waals surface area contributed by atoms with Gasteiger partial charge in [0.1, 0.15) is 0 Å². The highest BCUT2D eigenvalue weighted by Crippen LogP contribution is 2.21. The highest BCUT2D eigenvalue weighted by Gasteiger charge is 2.25. The van der Waals surface area contributed by atoms with Crippen molar-refractivity contribution in [3.8, 4) is 0 Å². The quantitative estimate of drug-likeness (QED) is 0.643. The number of benzene rings is 1. The first-order chi connectivity index (χ1) is 11.8. The van der Waals surface area contributed by atoms with E-state index in [1.54, 1.807) is 29.8 Å². The topological polar surface area (TPSA) is 104 Å². The lowest BCUT2D eigenvalue weighted by Crippen LogP contribution is -2.37. The summed E-state index contributed by atoms with van der Waals surface area (Å²) in [5.74, 6) is -1.08. The molecule has 1 fully saturated rings. The van der Waals surface area contributed by atoms with Crippen LogP contribution >= 0.6 is 0 Å². The van der Waals surface area contributed by atoms with Gasteiger partial charge in [0, 0.05) is 36.8 Å². The average Bonchev–Trinajstić information content (AvgIpc) is 2.79. The number of hydrogen-bond donors (Lipinski definition) is 1. The van der Waals surface area contributed by atoms with E-state index in [1.165, 1.54) is 12.1 Å². The Morgan fingerprint density at radius 3 is 2.68 bits per heavy atom. The van der Waals surface area contributed by atoms with Crippen molar-refractivity contribution in [2.24, 2.45) is 0 Å². The molecule has 1 aromatic carbocycles. The number of rotatable bonds is 5. The molecule has 1 saturated heterocycles. The first-order valence-electron chi connectivity index (χ1n) is 8.25. The minimum absolute atomic E-state index is 0.0251. The largest absolute Gasteiger partial charge is 0.480 e. The van der Waals surface area contributed by atoms with Gasteiger partial charge in [-0.1, -0.05) is 0 Å². The van der Waals surface area contributed by atoms with Crippen LogP contribution in [0.4, 0.5) is 5.69 Å². The number of likely N-dealkylation sites (N-methyl/N-ethyl adjacent to an activating group) is 1. The summed E-state index contributed by atoms with van der Waals surface area (Å²) < 4.78 is 0. The Balaban J connectivity index is 2.08. The third kappa shape index (κ3) is 4.99. The normalized spacial score (nSPS) is 18.0. The van der Waals surface area contributed by atoms with Gasteiger partial charge in [-0.15, -0.1) is 0 Å². The van der Waals surface area contributed by atoms with Crippen molar-refractivity contribution in [3.05, 3.63) is 39.4 Å². The number of aryl methyl sites for hydroxylation is 1. The average molecular weight is 349 g/mol. The lowest BCUT2D eigenvalue weighted by molar-refractivity contribution is -0.384. The lowest BCUT2D eigenvalue weighted by Gasteiger charge is -2.25. The van der Waals surface area contributed by atoms with E-state index < -0.39 is 10.9 Å². The maximum Gasteiger partial charge on any atom is 0.317 e. The number of hydrogen-bond acceptors (Lipinski definition) is 5. The summed E-state index contributed by atoms with van der Waals surface area (Å²) in [7, 11) is 1.78. The molecule has 1 unspecified atom stereocenters. The lowest BCUT2D eigenvalue weighted by atomic mass is 10.1. The van der Waals surface area contributed by atoms with Gasteiger partial charge in [-0.3, -0.25) is 24.6 Å². The molecule has 2 rings (SSSR count). The van der Waals surface area contributed by atoms with Gasteiger partial charge in [0.2, 0.25) is 0 Å². The van der Waals surface area contributed by atoms with Crippen molar-refractivity contribution in [3.63, 3.8) is 0 Å². The summed E-state index contributed by atoms with van der Waals surface area (Å²) in [6, 6.07) is 4.53. The molecule has 0 aliphatic carbocycles. The Morgan fingerprint density at radius 2 is 2.04 bits per heavy atom. The number of carboxylic acids is 1. The molecule has 1 amide bonds. The second-order valence-corrected chi connectivity index (χ2v) is 6.50. The zero-order valence-electron chi connectivity index (χ0n) is 14.5. The number of non-ortho nitro benzene ring substituents is 1. The molecule has 1 aliphatic heterocycles. The fraction of sp³-hybridized carbons (Fsp3) is 0.529. The number of nitro benzene ring substituents is 1. The van der Waals surface area contributed by atoms with Crippen LogP contribution in [0.3, 0.4) is 0 Å². The number of amides is 1. The molecule has 8 nitrogen and oxygen atoms in total. The Kier molecular flexibility index (Phi) is 6.08. The maximum absolute atomic E-state index is 12.7. The van der Waals surface area contributed by atoms with Gasteiger partial charge < -0.3 is 10.0 Å². The van der Waals surface area contributed by atoms with Crippen molar-refractivity contribution in [2.45, 2.75) is 32.2 Å². The highest BCUT2D eigenvalue weighted by atomic mass is 16.6. The van der Waals surface area contributed by atoms with E-state index in [0.29, 0.717) is 30.6 Å². The fourth-order valence-electron chi connectivity index (χ4n) is 3.24. The van der Waals surface area contributed by atoms with Gasteiger partial charge >= 0.3 is 5.97 Å². The smallest absolute Gasteiger partial charge is 0.317 e. The number of aliphatic carboxylic acids is 1.